The third kappa shape index (κ3) is 4.48. The van der Waals surface area contributed by atoms with Crippen molar-refractivity contribution < 1.29 is 4.79 Å². The minimum absolute atomic E-state index is 0.0596. The van der Waals surface area contributed by atoms with Crippen LogP contribution < -0.4 is 0 Å². The summed E-state index contributed by atoms with van der Waals surface area (Å²) in [4.78, 5) is 18.4. The third-order valence-corrected chi connectivity index (χ3v) is 4.75. The first-order valence-electron chi connectivity index (χ1n) is 8.02. The second-order valence-electron chi connectivity index (χ2n) is 5.77. The van der Waals surface area contributed by atoms with E-state index in [0.717, 1.165) is 11.3 Å². The Morgan fingerprint density at radius 2 is 1.84 bits per heavy atom. The number of nitrogens with zero attached hydrogens (tertiary/aromatic N) is 4. The van der Waals surface area contributed by atoms with E-state index in [4.69, 9.17) is 0 Å². The van der Waals surface area contributed by atoms with E-state index >= 15 is 0 Å². The van der Waals surface area contributed by atoms with Crippen LogP contribution in [0.15, 0.2) is 66.1 Å². The molecule has 1 aromatic heterocycles. The molecule has 3 rings (SSSR count). The summed E-state index contributed by atoms with van der Waals surface area (Å²) in [5, 5.41) is 5.01. The van der Waals surface area contributed by atoms with E-state index in [9.17, 15) is 4.79 Å². The van der Waals surface area contributed by atoms with E-state index < -0.39 is 0 Å². The number of hydrogen-bond donors (Lipinski definition) is 0. The monoisotopic (exact) mass is 352 g/mol. The Kier molecular flexibility index (Phi) is 5.50. The third-order valence-electron chi connectivity index (χ3n) is 3.91. The Hall–Kier alpha value is -2.60. The minimum atomic E-state index is 0.0596. The number of rotatable bonds is 6. The number of carbonyl (C=O) groups is 1. The quantitative estimate of drug-likeness (QED) is 0.639. The number of hydrogen-bond acceptors (Lipinski definition) is 4. The molecule has 25 heavy (non-hydrogen) atoms. The van der Waals surface area contributed by atoms with Crippen LogP contribution >= 0.6 is 11.8 Å². The normalized spacial score (nSPS) is 10.6. The highest BCUT2D eigenvalue weighted by Crippen LogP contribution is 2.16. The lowest BCUT2D eigenvalue weighted by atomic mass is 10.1. The number of thioether (sulfide) groups is 1. The SMILES string of the molecule is Cc1ccccc1CN(C)C(=O)CSc1ncn(-c2ccccc2)n1. The molecule has 0 saturated carbocycles. The maximum atomic E-state index is 12.4. The van der Waals surface area contributed by atoms with Crippen LogP contribution in [0.4, 0.5) is 0 Å². The molecule has 0 bridgehead atoms. The van der Waals surface area contributed by atoms with Gasteiger partial charge in [0.2, 0.25) is 11.1 Å². The zero-order valence-electron chi connectivity index (χ0n) is 14.3. The molecule has 0 fully saturated rings. The summed E-state index contributed by atoms with van der Waals surface area (Å²) in [6, 6.07) is 17.9. The molecule has 0 saturated heterocycles. The predicted molar refractivity (Wildman–Crippen MR) is 99.7 cm³/mol. The first-order chi connectivity index (χ1) is 12.1. The number of carbonyl (C=O) groups excluding carboxylic acids is 1. The van der Waals surface area contributed by atoms with Crippen LogP contribution in [0, 0.1) is 6.92 Å². The smallest absolute Gasteiger partial charge is 0.233 e. The Balaban J connectivity index is 1.55. The standard InChI is InChI=1S/C19H20N4OS/c1-15-8-6-7-9-16(15)12-22(2)18(24)13-25-19-20-14-23(21-19)17-10-4-3-5-11-17/h3-11,14H,12-13H2,1-2H3. The molecule has 1 heterocycles. The van der Waals surface area contributed by atoms with Crippen molar-refractivity contribution in [3.63, 3.8) is 0 Å². The average Bonchev–Trinajstić information content (AvgIpc) is 3.11. The van der Waals surface area contributed by atoms with Crippen molar-refractivity contribution in [1.29, 1.82) is 0 Å². The average molecular weight is 352 g/mol. The predicted octanol–water partition coefficient (Wildman–Crippen LogP) is 3.33. The van der Waals surface area contributed by atoms with Crippen LogP contribution in [0.3, 0.4) is 0 Å². The first-order valence-corrected chi connectivity index (χ1v) is 9.00. The Morgan fingerprint density at radius 3 is 2.60 bits per heavy atom. The highest BCUT2D eigenvalue weighted by molar-refractivity contribution is 7.99. The molecule has 5 nitrogen and oxygen atoms in total. The molecular weight excluding hydrogens is 332 g/mol. The van der Waals surface area contributed by atoms with Crippen LogP contribution in [0.2, 0.25) is 0 Å². The molecule has 0 aliphatic rings. The Labute approximate surface area is 151 Å². The van der Waals surface area contributed by atoms with E-state index in [1.807, 2.05) is 49.5 Å². The molecule has 1 amide bonds. The van der Waals surface area contributed by atoms with Gasteiger partial charge in [-0.2, -0.15) is 0 Å². The van der Waals surface area contributed by atoms with Crippen LogP contribution in [-0.4, -0.2) is 38.4 Å². The van der Waals surface area contributed by atoms with Crippen LogP contribution in [0.25, 0.3) is 5.69 Å². The summed E-state index contributed by atoms with van der Waals surface area (Å²) in [6.07, 6.45) is 1.67. The van der Waals surface area contributed by atoms with Gasteiger partial charge in [0, 0.05) is 13.6 Å². The van der Waals surface area contributed by atoms with Gasteiger partial charge < -0.3 is 4.90 Å². The zero-order chi connectivity index (χ0) is 17.6. The van der Waals surface area contributed by atoms with Crippen molar-refractivity contribution in [2.75, 3.05) is 12.8 Å². The van der Waals surface area contributed by atoms with Gasteiger partial charge in [-0.1, -0.05) is 54.2 Å². The molecule has 0 aliphatic carbocycles. The molecule has 0 radical (unpaired) electrons. The van der Waals surface area contributed by atoms with Gasteiger partial charge in [0.05, 0.1) is 11.4 Å². The lowest BCUT2D eigenvalue weighted by Crippen LogP contribution is -2.28. The Bertz CT molecular complexity index is 847. The van der Waals surface area contributed by atoms with Crippen molar-refractivity contribution >= 4 is 17.7 Å². The molecule has 0 unspecified atom stereocenters. The highest BCUT2D eigenvalue weighted by atomic mass is 32.2. The van der Waals surface area contributed by atoms with Gasteiger partial charge in [0.1, 0.15) is 6.33 Å². The number of aryl methyl sites for hydroxylation is 1. The van der Waals surface area contributed by atoms with Gasteiger partial charge in [0.25, 0.3) is 0 Å². The van der Waals surface area contributed by atoms with Gasteiger partial charge in [-0.15, -0.1) is 5.10 Å². The highest BCUT2D eigenvalue weighted by Gasteiger charge is 2.12. The molecule has 0 N–H and O–H groups in total. The van der Waals surface area contributed by atoms with Gasteiger partial charge in [-0.05, 0) is 30.2 Å². The summed E-state index contributed by atoms with van der Waals surface area (Å²) < 4.78 is 1.71. The maximum absolute atomic E-state index is 12.4. The molecule has 0 spiro atoms. The van der Waals surface area contributed by atoms with E-state index in [2.05, 4.69) is 29.1 Å². The summed E-state index contributed by atoms with van der Waals surface area (Å²) in [6.45, 7) is 2.67. The number of aromatic nitrogens is 3. The van der Waals surface area contributed by atoms with Gasteiger partial charge >= 0.3 is 0 Å². The summed E-state index contributed by atoms with van der Waals surface area (Å²) in [5.74, 6) is 0.380. The number of amides is 1. The minimum Gasteiger partial charge on any atom is -0.341 e. The van der Waals surface area contributed by atoms with Crippen molar-refractivity contribution in [2.24, 2.45) is 0 Å². The fourth-order valence-electron chi connectivity index (χ4n) is 2.39. The van der Waals surface area contributed by atoms with Crippen LogP contribution in [0.5, 0.6) is 0 Å². The maximum Gasteiger partial charge on any atom is 0.233 e. The second-order valence-corrected chi connectivity index (χ2v) is 6.71. The van der Waals surface area contributed by atoms with E-state index in [1.54, 1.807) is 15.9 Å². The lowest BCUT2D eigenvalue weighted by Gasteiger charge is -2.18. The van der Waals surface area contributed by atoms with E-state index in [-0.39, 0.29) is 5.91 Å². The first kappa shape index (κ1) is 17.2. The molecule has 0 atom stereocenters. The van der Waals surface area contributed by atoms with Crippen molar-refractivity contribution in [1.82, 2.24) is 19.7 Å². The second kappa shape index (κ2) is 7.98. The largest absolute Gasteiger partial charge is 0.341 e. The number of benzene rings is 2. The van der Waals surface area contributed by atoms with Gasteiger partial charge in [-0.25, -0.2) is 9.67 Å². The molecule has 3 aromatic rings. The topological polar surface area (TPSA) is 51.0 Å². The van der Waals surface area contributed by atoms with Crippen molar-refractivity contribution in [3.8, 4) is 5.69 Å². The van der Waals surface area contributed by atoms with Crippen LogP contribution in [-0.2, 0) is 11.3 Å². The fraction of sp³-hybridized carbons (Fsp3) is 0.211. The molecular formula is C19H20N4OS. The summed E-state index contributed by atoms with van der Waals surface area (Å²) in [7, 11) is 1.82. The van der Waals surface area contributed by atoms with Gasteiger partial charge in [-0.3, -0.25) is 4.79 Å². The van der Waals surface area contributed by atoms with Gasteiger partial charge in [0.15, 0.2) is 0 Å². The van der Waals surface area contributed by atoms with E-state index in [0.29, 0.717) is 17.5 Å². The molecule has 0 aliphatic heterocycles. The summed E-state index contributed by atoms with van der Waals surface area (Å²) in [5.41, 5.74) is 3.30. The zero-order valence-corrected chi connectivity index (χ0v) is 15.1. The number of para-hydroxylation sites is 1. The molecule has 6 heteroatoms. The van der Waals surface area contributed by atoms with Crippen LogP contribution in [0.1, 0.15) is 11.1 Å². The molecule has 2 aromatic carbocycles. The fourth-order valence-corrected chi connectivity index (χ4v) is 3.13. The Morgan fingerprint density at radius 1 is 1.12 bits per heavy atom. The van der Waals surface area contributed by atoms with Crippen molar-refractivity contribution in [3.05, 3.63) is 72.1 Å². The van der Waals surface area contributed by atoms with Crippen molar-refractivity contribution in [2.45, 2.75) is 18.6 Å². The molecule has 128 valence electrons. The van der Waals surface area contributed by atoms with E-state index in [1.165, 1.54) is 17.3 Å². The lowest BCUT2D eigenvalue weighted by molar-refractivity contribution is -0.127. The summed E-state index contributed by atoms with van der Waals surface area (Å²) >= 11 is 1.35.